The Kier molecular flexibility index (Phi) is 6.29. The third kappa shape index (κ3) is 5.00. The molecule has 150 valence electrons. The molecule has 0 radical (unpaired) electrons. The van der Waals surface area contributed by atoms with Crippen molar-refractivity contribution in [1.29, 1.82) is 0 Å². The van der Waals surface area contributed by atoms with Crippen molar-refractivity contribution in [1.82, 2.24) is 0 Å². The largest absolute Gasteiger partial charge is 0.321 e. The summed E-state index contributed by atoms with van der Waals surface area (Å²) in [5.41, 5.74) is 3.76. The molecule has 3 rings (SSSR count). The number of fused-ring (bicyclic) bond motifs is 1. The third-order valence-electron chi connectivity index (χ3n) is 5.47. The highest BCUT2D eigenvalue weighted by molar-refractivity contribution is 5.97. The van der Waals surface area contributed by atoms with E-state index < -0.39 is 0 Å². The predicted molar refractivity (Wildman–Crippen MR) is 118 cm³/mol. The highest BCUT2D eigenvalue weighted by atomic mass is 16.2. The minimum atomic E-state index is -0.370. The van der Waals surface area contributed by atoms with Gasteiger partial charge in [-0.3, -0.25) is 9.59 Å². The van der Waals surface area contributed by atoms with Crippen molar-refractivity contribution in [3.63, 3.8) is 0 Å². The molecule has 0 heterocycles. The van der Waals surface area contributed by atoms with Crippen LogP contribution in [0.4, 0.5) is 11.4 Å². The predicted octanol–water partition coefficient (Wildman–Crippen LogP) is 2.94. The number of carbonyl (C=O) groups is 2. The molecule has 0 spiro atoms. The number of benzene rings is 3. The second-order valence-electron chi connectivity index (χ2n) is 7.59. The van der Waals surface area contributed by atoms with Crippen LogP contribution in [0.1, 0.15) is 18.1 Å². The lowest BCUT2D eigenvalue weighted by Gasteiger charge is -2.21. The van der Waals surface area contributed by atoms with Crippen molar-refractivity contribution >= 4 is 34.0 Å². The summed E-state index contributed by atoms with van der Waals surface area (Å²) in [6.07, 6.45) is 0. The maximum absolute atomic E-state index is 12.7. The molecule has 2 amide bonds. The van der Waals surface area contributed by atoms with E-state index in [1.807, 2.05) is 88.5 Å². The number of nitrogens with one attached hydrogen (secondary N) is 3. The molecule has 0 saturated carbocycles. The van der Waals surface area contributed by atoms with Crippen molar-refractivity contribution < 1.29 is 14.5 Å². The quantitative estimate of drug-likeness (QED) is 0.606. The van der Waals surface area contributed by atoms with Crippen LogP contribution in [0.3, 0.4) is 0 Å². The van der Waals surface area contributed by atoms with E-state index in [9.17, 15) is 9.59 Å². The van der Waals surface area contributed by atoms with Crippen LogP contribution in [0.2, 0.25) is 0 Å². The van der Waals surface area contributed by atoms with Crippen molar-refractivity contribution in [3.05, 3.63) is 71.8 Å². The molecule has 0 aliphatic rings. The molecule has 3 aromatic rings. The van der Waals surface area contributed by atoms with Gasteiger partial charge in [-0.1, -0.05) is 42.5 Å². The average Bonchev–Trinajstić information content (AvgIpc) is 2.70. The van der Waals surface area contributed by atoms with Gasteiger partial charge in [-0.2, -0.15) is 0 Å². The SMILES string of the molecule is Cc1cccc(NC(=O)C[NH+](C)[C@H](C)C(=O)Nc2ccc3ccccc3c2)c1C. The maximum atomic E-state index is 12.7. The van der Waals surface area contributed by atoms with E-state index in [-0.39, 0.29) is 24.4 Å². The lowest BCUT2D eigenvalue weighted by molar-refractivity contribution is -0.885. The van der Waals surface area contributed by atoms with E-state index in [1.165, 1.54) is 0 Å². The van der Waals surface area contributed by atoms with Gasteiger partial charge in [-0.05, 0) is 60.9 Å². The zero-order valence-corrected chi connectivity index (χ0v) is 17.4. The molecule has 29 heavy (non-hydrogen) atoms. The maximum Gasteiger partial charge on any atom is 0.282 e. The van der Waals surface area contributed by atoms with Gasteiger partial charge in [0.2, 0.25) is 0 Å². The van der Waals surface area contributed by atoms with Gasteiger partial charge in [0.05, 0.1) is 7.05 Å². The highest BCUT2D eigenvalue weighted by Crippen LogP contribution is 2.19. The second kappa shape index (κ2) is 8.88. The van der Waals surface area contributed by atoms with E-state index in [2.05, 4.69) is 10.6 Å². The van der Waals surface area contributed by atoms with E-state index in [4.69, 9.17) is 0 Å². The normalized spacial score (nSPS) is 13.0. The number of rotatable bonds is 6. The second-order valence-corrected chi connectivity index (χ2v) is 7.59. The Balaban J connectivity index is 1.59. The Bertz CT molecular complexity index is 1050. The number of anilines is 2. The first-order valence-electron chi connectivity index (χ1n) is 9.83. The molecule has 3 aromatic carbocycles. The summed E-state index contributed by atoms with van der Waals surface area (Å²) in [6, 6.07) is 19.3. The molecule has 0 aliphatic heterocycles. The fourth-order valence-corrected chi connectivity index (χ4v) is 3.23. The molecule has 1 unspecified atom stereocenters. The number of carbonyl (C=O) groups excluding carboxylic acids is 2. The molecular formula is C24H28N3O2+. The standard InChI is InChI=1S/C24H27N3O2/c1-16-8-7-11-22(17(16)2)26-23(28)15-27(4)18(3)24(29)25-21-13-12-19-9-5-6-10-20(19)14-21/h5-14,18H,15H2,1-4H3,(H,25,29)(H,26,28)/p+1/t18-/m1/s1. The number of hydrogen-bond donors (Lipinski definition) is 3. The zero-order valence-electron chi connectivity index (χ0n) is 17.4. The van der Waals surface area contributed by atoms with Crippen molar-refractivity contribution in [2.45, 2.75) is 26.8 Å². The van der Waals surface area contributed by atoms with Crippen LogP contribution in [-0.4, -0.2) is 31.4 Å². The van der Waals surface area contributed by atoms with Crippen molar-refractivity contribution in [2.24, 2.45) is 0 Å². The number of amides is 2. The van der Waals surface area contributed by atoms with E-state index in [0.29, 0.717) is 0 Å². The molecular weight excluding hydrogens is 362 g/mol. The first-order valence-corrected chi connectivity index (χ1v) is 9.83. The Morgan fingerprint density at radius 3 is 2.41 bits per heavy atom. The topological polar surface area (TPSA) is 62.6 Å². The molecule has 0 aliphatic carbocycles. The minimum absolute atomic E-state index is 0.110. The smallest absolute Gasteiger partial charge is 0.282 e. The van der Waals surface area contributed by atoms with Crippen molar-refractivity contribution in [3.8, 4) is 0 Å². The summed E-state index contributed by atoms with van der Waals surface area (Å²) in [4.78, 5) is 25.9. The summed E-state index contributed by atoms with van der Waals surface area (Å²) >= 11 is 0. The van der Waals surface area contributed by atoms with E-state index >= 15 is 0 Å². The molecule has 3 N–H and O–H groups in total. The fraction of sp³-hybridized carbons (Fsp3) is 0.250. The molecule has 0 saturated heterocycles. The lowest BCUT2D eigenvalue weighted by atomic mass is 10.1. The van der Waals surface area contributed by atoms with Crippen LogP contribution in [0.5, 0.6) is 0 Å². The molecule has 2 atom stereocenters. The van der Waals surface area contributed by atoms with Gasteiger partial charge in [0.15, 0.2) is 12.6 Å². The highest BCUT2D eigenvalue weighted by Gasteiger charge is 2.24. The van der Waals surface area contributed by atoms with Crippen LogP contribution < -0.4 is 15.5 Å². The summed E-state index contributed by atoms with van der Waals surface area (Å²) in [7, 11) is 1.85. The fourth-order valence-electron chi connectivity index (χ4n) is 3.23. The van der Waals surface area contributed by atoms with Crippen LogP contribution in [0.25, 0.3) is 10.8 Å². The Labute approximate surface area is 171 Å². The first kappa shape index (κ1) is 20.6. The van der Waals surface area contributed by atoms with Gasteiger partial charge in [-0.25, -0.2) is 0 Å². The molecule has 5 heteroatoms. The number of quaternary nitrogens is 1. The van der Waals surface area contributed by atoms with E-state index in [1.54, 1.807) is 0 Å². The van der Waals surface area contributed by atoms with Gasteiger partial charge in [-0.15, -0.1) is 0 Å². The third-order valence-corrected chi connectivity index (χ3v) is 5.47. The number of hydrogen-bond acceptors (Lipinski definition) is 2. The monoisotopic (exact) mass is 390 g/mol. The van der Waals surface area contributed by atoms with Crippen LogP contribution in [-0.2, 0) is 9.59 Å². The lowest BCUT2D eigenvalue weighted by Crippen LogP contribution is -3.14. The van der Waals surface area contributed by atoms with Crippen LogP contribution in [0.15, 0.2) is 60.7 Å². The molecule has 0 bridgehead atoms. The zero-order chi connectivity index (χ0) is 21.0. The van der Waals surface area contributed by atoms with Gasteiger partial charge >= 0.3 is 0 Å². The average molecular weight is 391 g/mol. The van der Waals surface area contributed by atoms with E-state index in [0.717, 1.165) is 38.2 Å². The molecule has 0 aromatic heterocycles. The van der Waals surface area contributed by atoms with Gasteiger partial charge < -0.3 is 15.5 Å². The van der Waals surface area contributed by atoms with Crippen molar-refractivity contribution in [2.75, 3.05) is 24.2 Å². The molecule has 0 fully saturated rings. The molecule has 5 nitrogen and oxygen atoms in total. The Hall–Kier alpha value is -3.18. The number of aryl methyl sites for hydroxylation is 1. The first-order chi connectivity index (χ1) is 13.8. The Morgan fingerprint density at radius 1 is 0.931 bits per heavy atom. The summed E-state index contributed by atoms with van der Waals surface area (Å²) in [5.74, 6) is -0.223. The van der Waals surface area contributed by atoms with Gasteiger partial charge in [0.1, 0.15) is 0 Å². The summed E-state index contributed by atoms with van der Waals surface area (Å²) in [6.45, 7) is 6.04. The van der Waals surface area contributed by atoms with Gasteiger partial charge in [0.25, 0.3) is 11.8 Å². The van der Waals surface area contributed by atoms with Crippen LogP contribution >= 0.6 is 0 Å². The van der Waals surface area contributed by atoms with Gasteiger partial charge in [0, 0.05) is 11.4 Å². The Morgan fingerprint density at radius 2 is 1.66 bits per heavy atom. The number of likely N-dealkylation sites (N-methyl/N-ethyl adjacent to an activating group) is 1. The summed E-state index contributed by atoms with van der Waals surface area (Å²) < 4.78 is 0. The van der Waals surface area contributed by atoms with Crippen LogP contribution in [0, 0.1) is 13.8 Å². The summed E-state index contributed by atoms with van der Waals surface area (Å²) in [5, 5.41) is 8.12. The minimum Gasteiger partial charge on any atom is -0.321 e.